The maximum Gasteiger partial charge on any atom is 0.228 e. The predicted molar refractivity (Wildman–Crippen MR) is 71.1 cm³/mol. The molecule has 17 heavy (non-hydrogen) atoms. The summed E-state index contributed by atoms with van der Waals surface area (Å²) in [7, 11) is 0. The molecule has 1 aromatic rings. The van der Waals surface area contributed by atoms with Gasteiger partial charge in [-0.1, -0.05) is 0 Å². The molecule has 0 spiro atoms. The van der Waals surface area contributed by atoms with E-state index in [1.807, 2.05) is 24.1 Å². The topological polar surface area (TPSA) is 59.2 Å². The fourth-order valence-corrected chi connectivity index (χ4v) is 2.48. The van der Waals surface area contributed by atoms with E-state index in [9.17, 15) is 4.79 Å². The Labute approximate surface area is 107 Å². The number of hydrogen-bond donors (Lipinski definition) is 1. The molecule has 1 amide bonds. The molecule has 0 aliphatic heterocycles. The van der Waals surface area contributed by atoms with Crippen LogP contribution in [0, 0.1) is 0 Å². The molecule has 0 fully saturated rings. The Balaban J connectivity index is 2.51. The highest BCUT2D eigenvalue weighted by Crippen LogP contribution is 2.12. The number of aromatic nitrogens is 1. The molecule has 1 rings (SSSR count). The van der Waals surface area contributed by atoms with Crippen molar-refractivity contribution in [1.29, 1.82) is 0 Å². The molecule has 5 heteroatoms. The highest BCUT2D eigenvalue weighted by Gasteiger charge is 2.12. The van der Waals surface area contributed by atoms with Crippen LogP contribution in [0.3, 0.4) is 0 Å². The van der Waals surface area contributed by atoms with Crippen LogP contribution in [-0.4, -0.2) is 35.4 Å². The van der Waals surface area contributed by atoms with E-state index in [1.165, 1.54) is 0 Å². The molecule has 0 radical (unpaired) electrons. The van der Waals surface area contributed by atoms with E-state index in [4.69, 9.17) is 5.73 Å². The third-order valence-electron chi connectivity index (χ3n) is 2.64. The summed E-state index contributed by atoms with van der Waals surface area (Å²) in [6, 6.07) is 0. The van der Waals surface area contributed by atoms with E-state index in [2.05, 4.69) is 4.98 Å². The van der Waals surface area contributed by atoms with Crippen LogP contribution >= 0.6 is 11.3 Å². The number of nitrogens with two attached hydrogens (primary N) is 1. The SMILES string of the molecule is CCN(CC)C(=O)Cc1csc(CCCN)n1. The van der Waals surface area contributed by atoms with Crippen molar-refractivity contribution in [1.82, 2.24) is 9.88 Å². The molecule has 0 aliphatic rings. The van der Waals surface area contributed by atoms with E-state index in [-0.39, 0.29) is 5.91 Å². The molecule has 0 unspecified atom stereocenters. The van der Waals surface area contributed by atoms with Crippen molar-refractivity contribution in [2.75, 3.05) is 19.6 Å². The third-order valence-corrected chi connectivity index (χ3v) is 3.60. The number of thiazole rings is 1. The Morgan fingerprint density at radius 2 is 2.18 bits per heavy atom. The third kappa shape index (κ3) is 4.44. The van der Waals surface area contributed by atoms with Gasteiger partial charge in [-0.05, 0) is 26.8 Å². The van der Waals surface area contributed by atoms with Crippen molar-refractivity contribution in [2.45, 2.75) is 33.1 Å². The molecule has 0 saturated heterocycles. The van der Waals surface area contributed by atoms with Gasteiger partial charge in [0.15, 0.2) is 0 Å². The Kier molecular flexibility index (Phi) is 6.15. The monoisotopic (exact) mass is 255 g/mol. The summed E-state index contributed by atoms with van der Waals surface area (Å²) >= 11 is 1.62. The summed E-state index contributed by atoms with van der Waals surface area (Å²) in [5.41, 5.74) is 6.34. The van der Waals surface area contributed by atoms with Crippen LogP contribution in [0.4, 0.5) is 0 Å². The lowest BCUT2D eigenvalue weighted by Gasteiger charge is -2.17. The van der Waals surface area contributed by atoms with Gasteiger partial charge in [0.05, 0.1) is 17.1 Å². The number of carbonyl (C=O) groups excluding carboxylic acids is 1. The van der Waals surface area contributed by atoms with Gasteiger partial charge in [0.25, 0.3) is 0 Å². The molecule has 4 nitrogen and oxygen atoms in total. The van der Waals surface area contributed by atoms with Gasteiger partial charge >= 0.3 is 0 Å². The van der Waals surface area contributed by atoms with Crippen LogP contribution < -0.4 is 5.73 Å². The van der Waals surface area contributed by atoms with Crippen LogP contribution in [0.2, 0.25) is 0 Å². The zero-order valence-electron chi connectivity index (χ0n) is 10.6. The number of carbonyl (C=O) groups is 1. The second-order valence-electron chi connectivity index (χ2n) is 3.87. The Bertz CT molecular complexity index is 347. The van der Waals surface area contributed by atoms with Crippen LogP contribution in [0.1, 0.15) is 31.0 Å². The van der Waals surface area contributed by atoms with Crippen molar-refractivity contribution < 1.29 is 4.79 Å². The second-order valence-corrected chi connectivity index (χ2v) is 4.81. The molecule has 0 atom stereocenters. The molecule has 1 heterocycles. The van der Waals surface area contributed by atoms with Gasteiger partial charge in [0.2, 0.25) is 5.91 Å². The minimum Gasteiger partial charge on any atom is -0.343 e. The molecular formula is C12H21N3OS. The number of amides is 1. The van der Waals surface area contributed by atoms with Gasteiger partial charge in [0.1, 0.15) is 0 Å². The molecule has 0 bridgehead atoms. The summed E-state index contributed by atoms with van der Waals surface area (Å²) in [6.45, 7) is 6.20. The van der Waals surface area contributed by atoms with Crippen LogP contribution in [0.15, 0.2) is 5.38 Å². The van der Waals surface area contributed by atoms with E-state index < -0.39 is 0 Å². The largest absolute Gasteiger partial charge is 0.343 e. The lowest BCUT2D eigenvalue weighted by molar-refractivity contribution is -0.130. The van der Waals surface area contributed by atoms with E-state index in [0.717, 1.165) is 36.6 Å². The fraction of sp³-hybridized carbons (Fsp3) is 0.667. The smallest absolute Gasteiger partial charge is 0.228 e. The second kappa shape index (κ2) is 7.40. The summed E-state index contributed by atoms with van der Waals surface area (Å²) < 4.78 is 0. The van der Waals surface area contributed by atoms with Crippen LogP contribution in [0.5, 0.6) is 0 Å². The van der Waals surface area contributed by atoms with E-state index in [1.54, 1.807) is 11.3 Å². The first-order valence-electron chi connectivity index (χ1n) is 6.12. The highest BCUT2D eigenvalue weighted by atomic mass is 32.1. The molecule has 0 aliphatic carbocycles. The van der Waals surface area contributed by atoms with Crippen molar-refractivity contribution in [3.05, 3.63) is 16.1 Å². The first-order valence-corrected chi connectivity index (χ1v) is 7.00. The minimum atomic E-state index is 0.158. The first kappa shape index (κ1) is 14.1. The molecule has 2 N–H and O–H groups in total. The number of aryl methyl sites for hydroxylation is 1. The highest BCUT2D eigenvalue weighted by molar-refractivity contribution is 7.09. The molecule has 1 aromatic heterocycles. The van der Waals surface area contributed by atoms with E-state index >= 15 is 0 Å². The molecular weight excluding hydrogens is 234 g/mol. The predicted octanol–water partition coefficient (Wildman–Crippen LogP) is 1.45. The normalized spacial score (nSPS) is 10.5. The van der Waals surface area contributed by atoms with Crippen molar-refractivity contribution >= 4 is 17.2 Å². The van der Waals surface area contributed by atoms with Gasteiger partial charge in [-0.15, -0.1) is 11.3 Å². The lowest BCUT2D eigenvalue weighted by atomic mass is 10.3. The number of nitrogens with zero attached hydrogens (tertiary/aromatic N) is 2. The molecule has 0 aromatic carbocycles. The van der Waals surface area contributed by atoms with Gasteiger partial charge in [-0.2, -0.15) is 0 Å². The zero-order valence-corrected chi connectivity index (χ0v) is 11.4. The molecule has 96 valence electrons. The van der Waals surface area contributed by atoms with Crippen molar-refractivity contribution in [3.8, 4) is 0 Å². The van der Waals surface area contributed by atoms with Gasteiger partial charge < -0.3 is 10.6 Å². The fourth-order valence-electron chi connectivity index (χ4n) is 1.64. The Morgan fingerprint density at radius 1 is 1.47 bits per heavy atom. The summed E-state index contributed by atoms with van der Waals surface area (Å²) in [4.78, 5) is 18.2. The first-order chi connectivity index (χ1) is 8.21. The average molecular weight is 255 g/mol. The Morgan fingerprint density at radius 3 is 2.76 bits per heavy atom. The Hall–Kier alpha value is -0.940. The quantitative estimate of drug-likeness (QED) is 0.802. The minimum absolute atomic E-state index is 0.158. The summed E-state index contributed by atoms with van der Waals surface area (Å²) in [5, 5.41) is 3.06. The van der Waals surface area contributed by atoms with Crippen molar-refractivity contribution in [2.24, 2.45) is 5.73 Å². The number of rotatable bonds is 7. The number of hydrogen-bond acceptors (Lipinski definition) is 4. The maximum atomic E-state index is 11.9. The molecule has 0 saturated carbocycles. The number of likely N-dealkylation sites (N-methyl/N-ethyl adjacent to an activating group) is 1. The van der Waals surface area contributed by atoms with Crippen LogP contribution in [0.25, 0.3) is 0 Å². The average Bonchev–Trinajstić information content (AvgIpc) is 2.75. The van der Waals surface area contributed by atoms with Gasteiger partial charge in [-0.25, -0.2) is 4.98 Å². The maximum absolute atomic E-state index is 11.9. The van der Waals surface area contributed by atoms with Gasteiger partial charge in [0, 0.05) is 24.9 Å². The summed E-state index contributed by atoms with van der Waals surface area (Å²) in [5.74, 6) is 0.158. The lowest BCUT2D eigenvalue weighted by Crippen LogP contribution is -2.31. The van der Waals surface area contributed by atoms with E-state index in [0.29, 0.717) is 13.0 Å². The zero-order chi connectivity index (χ0) is 12.7. The summed E-state index contributed by atoms with van der Waals surface area (Å²) in [6.07, 6.45) is 2.29. The standard InChI is InChI=1S/C12H21N3OS/c1-3-15(4-2)12(16)8-10-9-17-11(14-10)6-5-7-13/h9H,3-8,13H2,1-2H3. The van der Waals surface area contributed by atoms with Crippen molar-refractivity contribution in [3.63, 3.8) is 0 Å². The van der Waals surface area contributed by atoms with Crippen LogP contribution in [-0.2, 0) is 17.6 Å². The van der Waals surface area contributed by atoms with Gasteiger partial charge in [-0.3, -0.25) is 4.79 Å².